The lowest BCUT2D eigenvalue weighted by Crippen LogP contribution is -2.20. The summed E-state index contributed by atoms with van der Waals surface area (Å²) in [6.07, 6.45) is 1.82. The first kappa shape index (κ1) is 21.3. The van der Waals surface area contributed by atoms with Gasteiger partial charge in [-0.1, -0.05) is 48.5 Å². The molecule has 0 unspecified atom stereocenters. The lowest BCUT2D eigenvalue weighted by molar-refractivity contribution is -0.118. The summed E-state index contributed by atoms with van der Waals surface area (Å²) >= 11 is 0. The molecule has 0 aliphatic heterocycles. The Morgan fingerprint density at radius 2 is 1.75 bits per heavy atom. The Bertz CT molecular complexity index is 1310. The summed E-state index contributed by atoms with van der Waals surface area (Å²) in [6, 6.07) is 25.8. The van der Waals surface area contributed by atoms with Gasteiger partial charge in [0, 0.05) is 17.5 Å². The van der Waals surface area contributed by atoms with E-state index in [1.165, 1.54) is 11.1 Å². The van der Waals surface area contributed by atoms with Crippen molar-refractivity contribution < 1.29 is 9.53 Å². The second-order valence-electron chi connectivity index (χ2n) is 7.93. The van der Waals surface area contributed by atoms with Gasteiger partial charge in [-0.2, -0.15) is 0 Å². The van der Waals surface area contributed by atoms with E-state index in [9.17, 15) is 4.79 Å². The predicted molar refractivity (Wildman–Crippen MR) is 132 cm³/mol. The van der Waals surface area contributed by atoms with Crippen LogP contribution >= 0.6 is 0 Å². The maximum atomic E-state index is 12.5. The van der Waals surface area contributed by atoms with Crippen LogP contribution in [0.15, 0.2) is 83.9 Å². The minimum absolute atomic E-state index is 0.0865. The third kappa shape index (κ3) is 5.03. The number of anilines is 1. The number of rotatable bonds is 6. The number of aryl methyl sites for hydroxylation is 3. The van der Waals surface area contributed by atoms with Crippen LogP contribution in [-0.4, -0.2) is 18.7 Å². The van der Waals surface area contributed by atoms with Crippen molar-refractivity contribution in [2.45, 2.75) is 20.8 Å². The molecule has 0 saturated carbocycles. The van der Waals surface area contributed by atoms with E-state index in [1.807, 2.05) is 73.8 Å². The minimum atomic E-state index is -0.208. The molecule has 0 aliphatic rings. The van der Waals surface area contributed by atoms with Crippen molar-refractivity contribution in [2.24, 2.45) is 4.99 Å². The van der Waals surface area contributed by atoms with Crippen molar-refractivity contribution in [1.29, 1.82) is 0 Å². The Kier molecular flexibility index (Phi) is 6.31. The average molecular weight is 423 g/mol. The fourth-order valence-corrected chi connectivity index (χ4v) is 3.54. The van der Waals surface area contributed by atoms with Gasteiger partial charge in [0.1, 0.15) is 5.75 Å². The van der Waals surface area contributed by atoms with E-state index in [0.717, 1.165) is 33.3 Å². The minimum Gasteiger partial charge on any atom is -0.483 e. The van der Waals surface area contributed by atoms with Gasteiger partial charge in [0.2, 0.25) is 0 Å². The van der Waals surface area contributed by atoms with E-state index < -0.39 is 0 Å². The number of nitrogens with one attached hydrogen (secondary N) is 1. The Balaban J connectivity index is 1.59. The zero-order valence-corrected chi connectivity index (χ0v) is 18.6. The summed E-state index contributed by atoms with van der Waals surface area (Å²) in [5.74, 6) is 0.413. The van der Waals surface area contributed by atoms with Gasteiger partial charge in [0.15, 0.2) is 6.61 Å². The second kappa shape index (κ2) is 9.48. The van der Waals surface area contributed by atoms with Gasteiger partial charge in [-0.05, 0) is 78.6 Å². The Hall–Kier alpha value is -3.92. The molecule has 0 saturated heterocycles. The molecule has 4 rings (SSSR count). The molecule has 1 amide bonds. The van der Waals surface area contributed by atoms with E-state index in [0.29, 0.717) is 5.75 Å². The molecule has 0 aromatic heterocycles. The lowest BCUT2D eigenvalue weighted by atomic mass is 10.0. The van der Waals surface area contributed by atoms with E-state index in [1.54, 1.807) is 0 Å². The number of amides is 1. The topological polar surface area (TPSA) is 50.7 Å². The van der Waals surface area contributed by atoms with Gasteiger partial charge in [0.05, 0.1) is 5.69 Å². The number of nitrogens with zero attached hydrogens (tertiary/aromatic N) is 1. The number of benzene rings is 4. The highest BCUT2D eigenvalue weighted by Crippen LogP contribution is 2.28. The average Bonchev–Trinajstić information content (AvgIpc) is 2.78. The van der Waals surface area contributed by atoms with E-state index >= 15 is 0 Å². The van der Waals surface area contributed by atoms with Gasteiger partial charge < -0.3 is 10.1 Å². The molecule has 4 nitrogen and oxygen atoms in total. The summed E-state index contributed by atoms with van der Waals surface area (Å²) in [5.41, 5.74) is 6.00. The van der Waals surface area contributed by atoms with Crippen molar-refractivity contribution in [1.82, 2.24) is 0 Å². The van der Waals surface area contributed by atoms with Crippen LogP contribution in [0.1, 0.15) is 22.3 Å². The van der Waals surface area contributed by atoms with E-state index in [4.69, 9.17) is 4.74 Å². The monoisotopic (exact) mass is 422 g/mol. The van der Waals surface area contributed by atoms with Crippen molar-refractivity contribution in [2.75, 3.05) is 11.9 Å². The summed E-state index contributed by atoms with van der Waals surface area (Å²) in [6.45, 7) is 6.06. The third-order valence-corrected chi connectivity index (χ3v) is 5.42. The molecule has 0 aliphatic carbocycles. The van der Waals surface area contributed by atoms with Gasteiger partial charge in [0.25, 0.3) is 5.91 Å². The van der Waals surface area contributed by atoms with E-state index in [-0.39, 0.29) is 12.5 Å². The molecule has 4 aromatic rings. The van der Waals surface area contributed by atoms with E-state index in [2.05, 4.69) is 42.4 Å². The van der Waals surface area contributed by atoms with Crippen molar-refractivity contribution in [3.8, 4) is 5.75 Å². The van der Waals surface area contributed by atoms with Crippen molar-refractivity contribution in [3.05, 3.63) is 101 Å². The van der Waals surface area contributed by atoms with Crippen LogP contribution in [0.4, 0.5) is 11.4 Å². The Morgan fingerprint density at radius 1 is 0.906 bits per heavy atom. The first-order chi connectivity index (χ1) is 15.5. The molecule has 0 fully saturated rings. The molecule has 0 spiro atoms. The Labute approximate surface area is 188 Å². The molecular formula is C28H26N2O2. The summed E-state index contributed by atoms with van der Waals surface area (Å²) in [4.78, 5) is 17.1. The van der Waals surface area contributed by atoms with Gasteiger partial charge in [-0.25, -0.2) is 0 Å². The van der Waals surface area contributed by atoms with Crippen LogP contribution in [0.3, 0.4) is 0 Å². The maximum absolute atomic E-state index is 12.5. The Morgan fingerprint density at radius 3 is 2.56 bits per heavy atom. The van der Waals surface area contributed by atoms with Gasteiger partial charge in [-0.3, -0.25) is 9.79 Å². The maximum Gasteiger partial charge on any atom is 0.262 e. The molecule has 0 atom stereocenters. The van der Waals surface area contributed by atoms with Crippen LogP contribution in [-0.2, 0) is 4.79 Å². The number of carbonyl (C=O) groups excluding carboxylic acids is 1. The lowest BCUT2D eigenvalue weighted by Gasteiger charge is -2.12. The standard InChI is InChI=1S/C28H26N2O2/c1-19-7-6-9-24(15-19)30-28(31)18-32-27-14-12-22-8-4-5-10-25(22)26(27)17-29-23-13-11-20(2)21(3)16-23/h4-17H,18H2,1-3H3,(H,30,31). The molecule has 0 heterocycles. The first-order valence-corrected chi connectivity index (χ1v) is 10.6. The highest BCUT2D eigenvalue weighted by molar-refractivity contribution is 6.03. The zero-order chi connectivity index (χ0) is 22.5. The highest BCUT2D eigenvalue weighted by atomic mass is 16.5. The predicted octanol–water partition coefficient (Wildman–Crippen LogP) is 6.53. The molecule has 32 heavy (non-hydrogen) atoms. The smallest absolute Gasteiger partial charge is 0.262 e. The molecule has 4 heteroatoms. The molecule has 160 valence electrons. The molecule has 0 bridgehead atoms. The summed E-state index contributed by atoms with van der Waals surface area (Å²) in [7, 11) is 0. The summed E-state index contributed by atoms with van der Waals surface area (Å²) < 4.78 is 5.94. The van der Waals surface area contributed by atoms with Crippen molar-refractivity contribution >= 4 is 34.3 Å². The number of hydrogen-bond acceptors (Lipinski definition) is 3. The molecule has 0 radical (unpaired) electrons. The highest BCUT2D eigenvalue weighted by Gasteiger charge is 2.10. The molecular weight excluding hydrogens is 396 g/mol. The van der Waals surface area contributed by atoms with Crippen LogP contribution in [0.5, 0.6) is 5.75 Å². The fourth-order valence-electron chi connectivity index (χ4n) is 3.54. The van der Waals surface area contributed by atoms with Gasteiger partial charge >= 0.3 is 0 Å². The first-order valence-electron chi connectivity index (χ1n) is 10.6. The second-order valence-corrected chi connectivity index (χ2v) is 7.93. The normalized spacial score (nSPS) is 11.1. The summed E-state index contributed by atoms with van der Waals surface area (Å²) in [5, 5.41) is 4.99. The number of carbonyl (C=O) groups is 1. The number of fused-ring (bicyclic) bond motifs is 1. The molecule has 1 N–H and O–H groups in total. The number of hydrogen-bond donors (Lipinski definition) is 1. The molecule has 4 aromatic carbocycles. The SMILES string of the molecule is Cc1cccc(NC(=O)COc2ccc3ccccc3c2C=Nc2ccc(C)c(C)c2)c1. The van der Waals surface area contributed by atoms with Gasteiger partial charge in [-0.15, -0.1) is 0 Å². The van der Waals surface area contributed by atoms with Crippen molar-refractivity contribution in [3.63, 3.8) is 0 Å². The largest absolute Gasteiger partial charge is 0.483 e. The van der Waals surface area contributed by atoms with Crippen LogP contribution < -0.4 is 10.1 Å². The zero-order valence-electron chi connectivity index (χ0n) is 18.6. The van der Waals surface area contributed by atoms with Crippen LogP contribution in [0, 0.1) is 20.8 Å². The quantitative estimate of drug-likeness (QED) is 0.359. The van der Waals surface area contributed by atoms with Crippen LogP contribution in [0.2, 0.25) is 0 Å². The van der Waals surface area contributed by atoms with Crippen LogP contribution in [0.25, 0.3) is 10.8 Å². The third-order valence-electron chi connectivity index (χ3n) is 5.42. The fraction of sp³-hybridized carbons (Fsp3) is 0.143. The number of ether oxygens (including phenoxy) is 1. The number of aliphatic imine (C=N–C) groups is 1.